The van der Waals surface area contributed by atoms with E-state index in [1.807, 2.05) is 54.6 Å². The molecule has 1 fully saturated rings. The van der Waals surface area contributed by atoms with Crippen molar-refractivity contribution in [2.75, 3.05) is 43.0 Å². The predicted octanol–water partition coefficient (Wildman–Crippen LogP) is 4.62. The normalized spacial score (nSPS) is 19.9. The molecular weight excluding hydrogens is 673 g/mol. The Morgan fingerprint density at radius 2 is 1.77 bits per heavy atom. The van der Waals surface area contributed by atoms with Gasteiger partial charge in [0.05, 0.1) is 45.2 Å². The van der Waals surface area contributed by atoms with Crippen molar-refractivity contribution in [2.24, 2.45) is 0 Å². The smallest absolute Gasteiger partial charge is 0.243 e. The second-order valence-corrected chi connectivity index (χ2v) is 14.3. The van der Waals surface area contributed by atoms with E-state index in [1.165, 1.54) is 0 Å². The summed E-state index contributed by atoms with van der Waals surface area (Å²) >= 11 is 2.39. The number of halogens is 1. The maximum Gasteiger partial charge on any atom is 0.243 e. The zero-order chi connectivity index (χ0) is 30.0. The fraction of sp³-hybridized carbons (Fsp3) is 0.312. The van der Waals surface area contributed by atoms with Gasteiger partial charge >= 0.3 is 0 Å². The van der Waals surface area contributed by atoms with Gasteiger partial charge in [-0.15, -0.1) is 0 Å². The highest BCUT2D eigenvalue weighted by molar-refractivity contribution is 14.1. The highest BCUT2D eigenvalue weighted by Gasteiger charge is 2.41. The number of nitriles is 1. The topological polar surface area (TPSA) is 99.6 Å². The molecule has 4 aromatic rings. The molecule has 9 nitrogen and oxygen atoms in total. The molecule has 2 unspecified atom stereocenters. The molecule has 222 valence electrons. The first kappa shape index (κ1) is 29.6. The van der Waals surface area contributed by atoms with Crippen LogP contribution in [0.5, 0.6) is 0 Å². The molecule has 0 amide bonds. The first-order valence-electron chi connectivity index (χ1n) is 14.3. The number of rotatable bonds is 7. The van der Waals surface area contributed by atoms with Crippen LogP contribution >= 0.6 is 22.6 Å². The Labute approximate surface area is 266 Å². The molecular formula is C32H34IN7O2S. The minimum atomic E-state index is -3.92. The zero-order valence-electron chi connectivity index (χ0n) is 24.0. The number of alkyl halides is 1. The van der Waals surface area contributed by atoms with Crippen LogP contribution in [-0.4, -0.2) is 70.9 Å². The van der Waals surface area contributed by atoms with Gasteiger partial charge in [0.15, 0.2) is 0 Å². The summed E-state index contributed by atoms with van der Waals surface area (Å²) in [4.78, 5) is 14.5. The van der Waals surface area contributed by atoms with Crippen LogP contribution < -0.4 is 9.80 Å². The quantitative estimate of drug-likeness (QED) is 0.170. The molecule has 11 heteroatoms. The van der Waals surface area contributed by atoms with E-state index >= 15 is 0 Å². The van der Waals surface area contributed by atoms with E-state index in [9.17, 15) is 13.7 Å². The van der Waals surface area contributed by atoms with Gasteiger partial charge < -0.3 is 19.7 Å². The number of hydrogen-bond donors (Lipinski definition) is 1. The molecule has 3 aromatic carbocycles. The molecule has 2 aliphatic rings. The van der Waals surface area contributed by atoms with E-state index in [0.29, 0.717) is 18.5 Å². The number of nitrogens with one attached hydrogen (secondary N) is 1. The molecule has 43 heavy (non-hydrogen) atoms. The zero-order valence-corrected chi connectivity index (χ0v) is 26.9. The summed E-state index contributed by atoms with van der Waals surface area (Å²) in [5, 5.41) is 9.72. The van der Waals surface area contributed by atoms with Gasteiger partial charge in [0.25, 0.3) is 0 Å². The number of fused-ring (bicyclic) bond motifs is 1. The maximum absolute atomic E-state index is 14.6. The summed E-state index contributed by atoms with van der Waals surface area (Å²) in [5.41, 5.74) is 5.23. The van der Waals surface area contributed by atoms with Crippen LogP contribution in [0, 0.1) is 11.3 Å². The third-order valence-corrected chi connectivity index (χ3v) is 11.7. The van der Waals surface area contributed by atoms with Gasteiger partial charge in [0.1, 0.15) is 0 Å². The van der Waals surface area contributed by atoms with Crippen LogP contribution in [0.4, 0.5) is 11.4 Å². The Kier molecular flexibility index (Phi) is 8.72. The average Bonchev–Trinajstić information content (AvgIpc) is 3.52. The largest absolute Gasteiger partial charge is 0.369 e. The van der Waals surface area contributed by atoms with Crippen molar-refractivity contribution in [2.45, 2.75) is 34.5 Å². The average molecular weight is 708 g/mol. The molecule has 2 atom stereocenters. The third kappa shape index (κ3) is 6.28. The lowest BCUT2D eigenvalue weighted by Crippen LogP contribution is -2.49. The van der Waals surface area contributed by atoms with Gasteiger partial charge in [-0.05, 0) is 67.1 Å². The minimum Gasteiger partial charge on any atom is -0.369 e. The Bertz CT molecular complexity index is 1680. The van der Waals surface area contributed by atoms with Gasteiger partial charge in [-0.2, -0.15) is 9.57 Å². The SMILES string of the molecule is CN1CCN(c2ccc(S(=O)(=O)N3Cc4cc(C#N)ccc4N(Cc4cnc[nH]4)C(I)C3Cc3ccccc3)cc2)CC1. The number of H-pyrrole nitrogens is 1. The lowest BCUT2D eigenvalue weighted by Gasteiger charge is -2.37. The van der Waals surface area contributed by atoms with E-state index in [1.54, 1.807) is 35.0 Å². The fourth-order valence-electron chi connectivity index (χ4n) is 5.90. The fourth-order valence-corrected chi connectivity index (χ4v) is 8.86. The Balaban J connectivity index is 1.41. The highest BCUT2D eigenvalue weighted by atomic mass is 127. The van der Waals surface area contributed by atoms with Gasteiger partial charge in [-0.25, -0.2) is 13.4 Å². The molecule has 0 aliphatic carbocycles. The van der Waals surface area contributed by atoms with E-state index < -0.39 is 16.1 Å². The molecule has 1 aromatic heterocycles. The summed E-state index contributed by atoms with van der Waals surface area (Å²) < 4.78 is 30.6. The Hall–Kier alpha value is -3.44. The van der Waals surface area contributed by atoms with Crippen molar-refractivity contribution in [3.63, 3.8) is 0 Å². The molecule has 1 N–H and O–H groups in total. The predicted molar refractivity (Wildman–Crippen MR) is 177 cm³/mol. The van der Waals surface area contributed by atoms with Gasteiger partial charge in [0.2, 0.25) is 10.0 Å². The number of aromatic nitrogens is 2. The molecule has 3 heterocycles. The van der Waals surface area contributed by atoms with Crippen molar-refractivity contribution in [3.8, 4) is 6.07 Å². The number of sulfonamides is 1. The van der Waals surface area contributed by atoms with Crippen LogP contribution in [0.15, 0.2) is 90.2 Å². The second-order valence-electron chi connectivity index (χ2n) is 11.1. The summed E-state index contributed by atoms with van der Waals surface area (Å²) in [7, 11) is -1.80. The number of hydrogen-bond acceptors (Lipinski definition) is 7. The van der Waals surface area contributed by atoms with E-state index in [4.69, 9.17) is 0 Å². The molecule has 0 radical (unpaired) electrons. The summed E-state index contributed by atoms with van der Waals surface area (Å²) in [5.74, 6) is 0. The summed E-state index contributed by atoms with van der Waals surface area (Å²) in [6.07, 6.45) is 3.98. The first-order chi connectivity index (χ1) is 20.8. The number of benzene rings is 3. The van der Waals surface area contributed by atoms with Crippen LogP contribution in [-0.2, 0) is 29.5 Å². The van der Waals surface area contributed by atoms with Crippen molar-refractivity contribution < 1.29 is 8.42 Å². The van der Waals surface area contributed by atoms with Crippen LogP contribution in [0.3, 0.4) is 0 Å². The van der Waals surface area contributed by atoms with Crippen molar-refractivity contribution in [1.82, 2.24) is 19.2 Å². The van der Waals surface area contributed by atoms with E-state index in [0.717, 1.165) is 54.4 Å². The highest BCUT2D eigenvalue weighted by Crippen LogP contribution is 2.39. The standard InChI is InChI=1S/C32H34IN7O2S/c1-37-13-15-38(16-14-37)28-8-10-29(11-9-28)43(41,42)40-21-26-17-25(19-34)7-12-30(26)39(22-27-20-35-23-36-27)32(33)31(40)18-24-5-3-2-4-6-24/h2-12,17,20,23,31-32H,13-16,18,21-22H2,1H3,(H,35,36). The number of aromatic amines is 1. The van der Waals surface area contributed by atoms with Crippen molar-refractivity contribution in [3.05, 3.63) is 108 Å². The van der Waals surface area contributed by atoms with Crippen molar-refractivity contribution >= 4 is 44.0 Å². The van der Waals surface area contributed by atoms with Gasteiger partial charge in [0, 0.05) is 50.3 Å². The Morgan fingerprint density at radius 1 is 1.02 bits per heavy atom. The van der Waals surface area contributed by atoms with Gasteiger partial charge in [-0.1, -0.05) is 52.9 Å². The molecule has 1 saturated heterocycles. The van der Waals surface area contributed by atoms with E-state index in [-0.39, 0.29) is 15.5 Å². The van der Waals surface area contributed by atoms with Gasteiger partial charge in [-0.3, -0.25) is 0 Å². The summed E-state index contributed by atoms with van der Waals surface area (Å²) in [6.45, 7) is 4.45. The maximum atomic E-state index is 14.6. The van der Waals surface area contributed by atoms with Crippen molar-refractivity contribution in [1.29, 1.82) is 5.26 Å². The van der Waals surface area contributed by atoms with Crippen LogP contribution in [0.25, 0.3) is 0 Å². The first-order valence-corrected chi connectivity index (χ1v) is 17.0. The third-order valence-electron chi connectivity index (χ3n) is 8.32. The number of nitrogens with zero attached hydrogens (tertiary/aromatic N) is 6. The number of anilines is 2. The number of piperazine rings is 1. The molecule has 0 saturated carbocycles. The molecule has 0 bridgehead atoms. The number of imidazole rings is 1. The Morgan fingerprint density at radius 3 is 2.44 bits per heavy atom. The monoisotopic (exact) mass is 707 g/mol. The second kappa shape index (κ2) is 12.7. The molecule has 0 spiro atoms. The number of likely N-dealkylation sites (N-methyl/N-ethyl adjacent to an activating group) is 1. The lowest BCUT2D eigenvalue weighted by atomic mass is 10.1. The van der Waals surface area contributed by atoms with Crippen LogP contribution in [0.2, 0.25) is 0 Å². The molecule has 6 rings (SSSR count). The van der Waals surface area contributed by atoms with Crippen LogP contribution in [0.1, 0.15) is 22.4 Å². The lowest BCUT2D eigenvalue weighted by molar-refractivity contribution is 0.311. The van der Waals surface area contributed by atoms with E-state index in [2.05, 4.69) is 60.4 Å². The summed E-state index contributed by atoms with van der Waals surface area (Å²) in [6, 6.07) is 24.8. The molecule has 2 aliphatic heterocycles. The minimum absolute atomic E-state index is 0.157.